The lowest BCUT2D eigenvalue weighted by Gasteiger charge is -2.08. The molecule has 1 aromatic heterocycles. The molecule has 0 bridgehead atoms. The second-order valence-corrected chi connectivity index (χ2v) is 4.34. The summed E-state index contributed by atoms with van der Waals surface area (Å²) in [7, 11) is 0. The molecule has 0 aliphatic rings. The molecular weight excluding hydrogens is 257 g/mol. The molecule has 0 fully saturated rings. The van der Waals surface area contributed by atoms with Crippen molar-refractivity contribution in [2.75, 3.05) is 5.73 Å². The standard InChI is InChI=1S/C12H13ClFN3O/c1-7-12(15)8(2)17(16-7)6-18-9-3-4-11(14)10(13)5-9/h3-5H,6,15H2,1-2H3. The van der Waals surface area contributed by atoms with Gasteiger partial charge in [0.2, 0.25) is 0 Å². The Balaban J connectivity index is 2.11. The topological polar surface area (TPSA) is 53.1 Å². The summed E-state index contributed by atoms with van der Waals surface area (Å²) in [6.07, 6.45) is 0. The molecule has 2 aromatic rings. The van der Waals surface area contributed by atoms with Crippen LogP contribution in [-0.2, 0) is 6.73 Å². The summed E-state index contributed by atoms with van der Waals surface area (Å²) in [6.45, 7) is 3.88. The van der Waals surface area contributed by atoms with Gasteiger partial charge >= 0.3 is 0 Å². The number of halogens is 2. The van der Waals surface area contributed by atoms with Crippen molar-refractivity contribution in [2.45, 2.75) is 20.6 Å². The van der Waals surface area contributed by atoms with E-state index >= 15 is 0 Å². The van der Waals surface area contributed by atoms with Crippen LogP contribution in [0.25, 0.3) is 0 Å². The Bertz CT molecular complexity index is 583. The fourth-order valence-electron chi connectivity index (χ4n) is 1.54. The highest BCUT2D eigenvalue weighted by Gasteiger charge is 2.08. The predicted octanol–water partition coefficient (Wildman–Crippen LogP) is 2.91. The molecule has 0 atom stereocenters. The lowest BCUT2D eigenvalue weighted by atomic mass is 10.3. The van der Waals surface area contributed by atoms with Gasteiger partial charge in [-0.15, -0.1) is 0 Å². The van der Waals surface area contributed by atoms with Gasteiger partial charge in [0.05, 0.1) is 22.1 Å². The van der Waals surface area contributed by atoms with Crippen LogP contribution in [0.2, 0.25) is 5.02 Å². The number of hydrogen-bond acceptors (Lipinski definition) is 3. The first kappa shape index (κ1) is 12.7. The molecule has 2 rings (SSSR count). The van der Waals surface area contributed by atoms with Crippen molar-refractivity contribution in [2.24, 2.45) is 0 Å². The van der Waals surface area contributed by atoms with Gasteiger partial charge in [-0.05, 0) is 26.0 Å². The maximum Gasteiger partial charge on any atom is 0.181 e. The van der Waals surface area contributed by atoms with Crippen LogP contribution in [0, 0.1) is 19.7 Å². The molecule has 0 amide bonds. The van der Waals surface area contributed by atoms with E-state index in [0.29, 0.717) is 11.4 Å². The van der Waals surface area contributed by atoms with Crippen molar-refractivity contribution < 1.29 is 9.13 Å². The molecule has 4 nitrogen and oxygen atoms in total. The summed E-state index contributed by atoms with van der Waals surface area (Å²) in [5.41, 5.74) is 8.05. The maximum absolute atomic E-state index is 13.0. The van der Waals surface area contributed by atoms with E-state index in [2.05, 4.69) is 5.10 Å². The van der Waals surface area contributed by atoms with Crippen LogP contribution in [0.15, 0.2) is 18.2 Å². The van der Waals surface area contributed by atoms with Crippen molar-refractivity contribution in [1.29, 1.82) is 0 Å². The summed E-state index contributed by atoms with van der Waals surface area (Å²) >= 11 is 5.66. The number of ether oxygens (including phenoxy) is 1. The highest BCUT2D eigenvalue weighted by Crippen LogP contribution is 2.22. The van der Waals surface area contributed by atoms with Gasteiger partial charge < -0.3 is 10.5 Å². The summed E-state index contributed by atoms with van der Waals surface area (Å²) in [4.78, 5) is 0. The van der Waals surface area contributed by atoms with Crippen molar-refractivity contribution in [1.82, 2.24) is 9.78 Å². The van der Waals surface area contributed by atoms with Gasteiger partial charge in [0.15, 0.2) is 6.73 Å². The number of aryl methyl sites for hydroxylation is 1. The Hall–Kier alpha value is -1.75. The first-order valence-corrected chi connectivity index (χ1v) is 5.74. The molecule has 0 saturated carbocycles. The Morgan fingerprint density at radius 1 is 1.44 bits per heavy atom. The molecule has 96 valence electrons. The van der Waals surface area contributed by atoms with E-state index in [1.54, 1.807) is 4.68 Å². The van der Waals surface area contributed by atoms with Crippen LogP contribution in [0.5, 0.6) is 5.75 Å². The van der Waals surface area contributed by atoms with Gasteiger partial charge in [0.1, 0.15) is 11.6 Å². The van der Waals surface area contributed by atoms with E-state index in [4.69, 9.17) is 22.1 Å². The Kier molecular flexibility index (Phi) is 3.43. The SMILES string of the molecule is Cc1nn(COc2ccc(F)c(Cl)c2)c(C)c1N. The number of nitrogen functional groups attached to an aromatic ring is 1. The Labute approximate surface area is 109 Å². The number of rotatable bonds is 3. The van der Waals surface area contributed by atoms with Crippen molar-refractivity contribution in [3.8, 4) is 5.75 Å². The zero-order valence-electron chi connectivity index (χ0n) is 10.1. The average Bonchev–Trinajstić information content (AvgIpc) is 2.58. The van der Waals surface area contributed by atoms with Gasteiger partial charge in [-0.2, -0.15) is 5.10 Å². The molecule has 18 heavy (non-hydrogen) atoms. The van der Waals surface area contributed by atoms with Crippen LogP contribution in [0.3, 0.4) is 0 Å². The minimum atomic E-state index is -0.473. The molecule has 0 aliphatic carbocycles. The quantitative estimate of drug-likeness (QED) is 0.932. The fraction of sp³-hybridized carbons (Fsp3) is 0.250. The lowest BCUT2D eigenvalue weighted by Crippen LogP contribution is -2.09. The smallest absolute Gasteiger partial charge is 0.181 e. The van der Waals surface area contributed by atoms with E-state index in [0.717, 1.165) is 11.4 Å². The van der Waals surface area contributed by atoms with Gasteiger partial charge in [-0.25, -0.2) is 9.07 Å². The van der Waals surface area contributed by atoms with Crippen LogP contribution in [0.4, 0.5) is 10.1 Å². The highest BCUT2D eigenvalue weighted by atomic mass is 35.5. The molecule has 0 unspecified atom stereocenters. The zero-order chi connectivity index (χ0) is 13.3. The summed E-state index contributed by atoms with van der Waals surface area (Å²) in [6, 6.07) is 4.19. The van der Waals surface area contributed by atoms with Gasteiger partial charge in [-0.3, -0.25) is 0 Å². The van der Waals surface area contributed by atoms with E-state index in [-0.39, 0.29) is 11.8 Å². The fourth-order valence-corrected chi connectivity index (χ4v) is 1.71. The van der Waals surface area contributed by atoms with Gasteiger partial charge in [-0.1, -0.05) is 11.6 Å². The third kappa shape index (κ3) is 2.41. The van der Waals surface area contributed by atoms with E-state index in [1.165, 1.54) is 18.2 Å². The second-order valence-electron chi connectivity index (χ2n) is 3.93. The number of aromatic nitrogens is 2. The third-order valence-electron chi connectivity index (χ3n) is 2.68. The Morgan fingerprint density at radius 3 is 2.72 bits per heavy atom. The largest absolute Gasteiger partial charge is 0.471 e. The average molecular weight is 270 g/mol. The van der Waals surface area contributed by atoms with Crippen LogP contribution in [-0.4, -0.2) is 9.78 Å². The van der Waals surface area contributed by atoms with Crippen molar-refractivity contribution >= 4 is 17.3 Å². The maximum atomic E-state index is 13.0. The number of nitrogens with two attached hydrogens (primary N) is 1. The number of anilines is 1. The minimum Gasteiger partial charge on any atom is -0.471 e. The third-order valence-corrected chi connectivity index (χ3v) is 2.97. The Morgan fingerprint density at radius 2 is 2.17 bits per heavy atom. The van der Waals surface area contributed by atoms with Crippen LogP contribution in [0.1, 0.15) is 11.4 Å². The molecular formula is C12H13ClFN3O. The summed E-state index contributed by atoms with van der Waals surface area (Å²) in [5, 5.41) is 4.25. The molecule has 0 spiro atoms. The molecule has 0 radical (unpaired) electrons. The molecule has 1 aromatic carbocycles. The van der Waals surface area contributed by atoms with Crippen molar-refractivity contribution in [3.05, 3.63) is 40.4 Å². The second kappa shape index (κ2) is 4.86. The van der Waals surface area contributed by atoms with E-state index < -0.39 is 5.82 Å². The van der Waals surface area contributed by atoms with Crippen LogP contribution >= 0.6 is 11.6 Å². The molecule has 0 aliphatic heterocycles. The van der Waals surface area contributed by atoms with Gasteiger partial charge in [0, 0.05) is 6.07 Å². The summed E-state index contributed by atoms with van der Waals surface area (Å²) in [5.74, 6) is 0.00639. The minimum absolute atomic E-state index is 0.0281. The van der Waals surface area contributed by atoms with Crippen molar-refractivity contribution in [3.63, 3.8) is 0 Å². The molecule has 6 heteroatoms. The first-order chi connectivity index (χ1) is 8.49. The van der Waals surface area contributed by atoms with Crippen LogP contribution < -0.4 is 10.5 Å². The molecule has 2 N–H and O–H groups in total. The zero-order valence-corrected chi connectivity index (χ0v) is 10.8. The monoisotopic (exact) mass is 269 g/mol. The highest BCUT2D eigenvalue weighted by molar-refractivity contribution is 6.30. The number of nitrogens with zero attached hydrogens (tertiary/aromatic N) is 2. The lowest BCUT2D eigenvalue weighted by molar-refractivity contribution is 0.217. The van der Waals surface area contributed by atoms with E-state index in [1.807, 2.05) is 13.8 Å². The van der Waals surface area contributed by atoms with E-state index in [9.17, 15) is 4.39 Å². The van der Waals surface area contributed by atoms with Gasteiger partial charge in [0.25, 0.3) is 0 Å². The first-order valence-electron chi connectivity index (χ1n) is 5.36. The molecule has 0 saturated heterocycles. The normalized spacial score (nSPS) is 10.7. The number of benzene rings is 1. The molecule has 1 heterocycles. The number of hydrogen-bond donors (Lipinski definition) is 1. The summed E-state index contributed by atoms with van der Waals surface area (Å²) < 4.78 is 20.1. The predicted molar refractivity (Wildman–Crippen MR) is 68.2 cm³/mol.